The van der Waals surface area contributed by atoms with Gasteiger partial charge in [-0.25, -0.2) is 4.99 Å². The lowest BCUT2D eigenvalue weighted by Gasteiger charge is -2.37. The first kappa shape index (κ1) is 21.4. The minimum absolute atomic E-state index is 0.0637. The van der Waals surface area contributed by atoms with E-state index in [0.29, 0.717) is 50.9 Å². The van der Waals surface area contributed by atoms with Gasteiger partial charge in [-0.05, 0) is 37.5 Å². The number of guanidine groups is 1. The number of piperazine rings is 1. The predicted molar refractivity (Wildman–Crippen MR) is 103 cm³/mol. The SMILES string of the molecule is CCNC(=NCc1ccc(C(F)(F)F)cc1)N1CCN(C(=O)C2CCCO2)CC1. The van der Waals surface area contributed by atoms with Crippen molar-refractivity contribution in [3.8, 4) is 0 Å². The van der Waals surface area contributed by atoms with E-state index in [1.807, 2.05) is 11.8 Å². The van der Waals surface area contributed by atoms with E-state index < -0.39 is 11.7 Å². The van der Waals surface area contributed by atoms with Gasteiger partial charge in [0.2, 0.25) is 0 Å². The van der Waals surface area contributed by atoms with Crippen molar-refractivity contribution in [1.29, 1.82) is 0 Å². The van der Waals surface area contributed by atoms with Crippen LogP contribution >= 0.6 is 0 Å². The van der Waals surface area contributed by atoms with Gasteiger partial charge in [0.25, 0.3) is 5.91 Å². The van der Waals surface area contributed by atoms with Crippen molar-refractivity contribution in [2.45, 2.75) is 38.6 Å². The molecule has 1 atom stereocenters. The number of alkyl halides is 3. The van der Waals surface area contributed by atoms with Crippen LogP contribution in [0.5, 0.6) is 0 Å². The first-order valence-corrected chi connectivity index (χ1v) is 9.98. The second-order valence-electron chi connectivity index (χ2n) is 7.18. The number of nitrogens with zero attached hydrogens (tertiary/aromatic N) is 3. The molecule has 1 amide bonds. The highest BCUT2D eigenvalue weighted by Gasteiger charge is 2.31. The van der Waals surface area contributed by atoms with Gasteiger partial charge in [-0.1, -0.05) is 12.1 Å². The smallest absolute Gasteiger partial charge is 0.368 e. The van der Waals surface area contributed by atoms with Gasteiger partial charge in [0.05, 0.1) is 12.1 Å². The standard InChI is InChI=1S/C20H27F3N4O2/c1-2-24-19(25-14-15-5-7-16(8-6-15)20(21,22)23)27-11-9-26(10-12-27)18(28)17-4-3-13-29-17/h5-8,17H,2-4,9-14H2,1H3,(H,24,25). The Morgan fingerprint density at radius 2 is 1.83 bits per heavy atom. The lowest BCUT2D eigenvalue weighted by molar-refractivity contribution is -0.142. The molecule has 9 heteroatoms. The zero-order chi connectivity index (χ0) is 20.9. The molecule has 0 aromatic heterocycles. The van der Waals surface area contributed by atoms with Gasteiger partial charge < -0.3 is 19.9 Å². The third kappa shape index (κ3) is 5.62. The number of hydrogen-bond acceptors (Lipinski definition) is 3. The van der Waals surface area contributed by atoms with Crippen molar-refractivity contribution in [2.24, 2.45) is 4.99 Å². The molecule has 6 nitrogen and oxygen atoms in total. The largest absolute Gasteiger partial charge is 0.416 e. The van der Waals surface area contributed by atoms with E-state index in [9.17, 15) is 18.0 Å². The normalized spacial score (nSPS) is 20.8. The van der Waals surface area contributed by atoms with Crippen LogP contribution in [0, 0.1) is 0 Å². The number of amides is 1. The summed E-state index contributed by atoms with van der Waals surface area (Å²) < 4.78 is 43.5. The van der Waals surface area contributed by atoms with Crippen LogP contribution in [0.4, 0.5) is 13.2 Å². The number of benzene rings is 1. The molecule has 0 bridgehead atoms. The molecule has 1 aromatic rings. The van der Waals surface area contributed by atoms with E-state index in [2.05, 4.69) is 15.2 Å². The Balaban J connectivity index is 1.57. The maximum atomic E-state index is 12.7. The minimum Gasteiger partial charge on any atom is -0.368 e. The molecule has 2 aliphatic heterocycles. The van der Waals surface area contributed by atoms with Crippen LogP contribution in [0.3, 0.4) is 0 Å². The lowest BCUT2D eigenvalue weighted by Crippen LogP contribution is -2.55. The highest BCUT2D eigenvalue weighted by Crippen LogP contribution is 2.29. The van der Waals surface area contributed by atoms with E-state index in [0.717, 1.165) is 25.0 Å². The van der Waals surface area contributed by atoms with Crippen LogP contribution in [0.1, 0.15) is 30.9 Å². The number of aliphatic imine (C=N–C) groups is 1. The van der Waals surface area contributed by atoms with E-state index >= 15 is 0 Å². The molecule has 1 unspecified atom stereocenters. The van der Waals surface area contributed by atoms with Crippen molar-refractivity contribution < 1.29 is 22.7 Å². The van der Waals surface area contributed by atoms with Crippen LogP contribution < -0.4 is 5.32 Å². The summed E-state index contributed by atoms with van der Waals surface area (Å²) in [7, 11) is 0. The fourth-order valence-electron chi connectivity index (χ4n) is 3.51. The topological polar surface area (TPSA) is 57.2 Å². The van der Waals surface area contributed by atoms with Crippen LogP contribution in [0.2, 0.25) is 0 Å². The Morgan fingerprint density at radius 3 is 2.38 bits per heavy atom. The van der Waals surface area contributed by atoms with Crippen LogP contribution in [-0.2, 0) is 22.3 Å². The van der Waals surface area contributed by atoms with Gasteiger partial charge >= 0.3 is 6.18 Å². The Bertz CT molecular complexity index is 707. The number of rotatable bonds is 4. The number of nitrogens with one attached hydrogen (secondary N) is 1. The summed E-state index contributed by atoms with van der Waals surface area (Å²) >= 11 is 0. The van der Waals surface area contributed by atoms with E-state index in [-0.39, 0.29) is 18.6 Å². The lowest BCUT2D eigenvalue weighted by atomic mass is 10.1. The van der Waals surface area contributed by atoms with Crippen LogP contribution in [0.25, 0.3) is 0 Å². The third-order valence-electron chi connectivity index (χ3n) is 5.12. The molecule has 2 heterocycles. The summed E-state index contributed by atoms with van der Waals surface area (Å²) in [6.45, 7) is 6.08. The van der Waals surface area contributed by atoms with Crippen molar-refractivity contribution in [3.05, 3.63) is 35.4 Å². The summed E-state index contributed by atoms with van der Waals surface area (Å²) in [5, 5.41) is 3.23. The van der Waals surface area contributed by atoms with E-state index in [1.165, 1.54) is 12.1 Å². The van der Waals surface area contributed by atoms with Gasteiger partial charge in [-0.3, -0.25) is 4.79 Å². The first-order chi connectivity index (χ1) is 13.9. The van der Waals surface area contributed by atoms with Crippen LogP contribution in [0.15, 0.2) is 29.3 Å². The van der Waals surface area contributed by atoms with E-state index in [1.54, 1.807) is 0 Å². The molecule has 3 rings (SSSR count). The molecule has 1 aromatic carbocycles. The fraction of sp³-hybridized carbons (Fsp3) is 0.600. The van der Waals surface area contributed by atoms with Crippen molar-refractivity contribution in [2.75, 3.05) is 39.3 Å². The molecule has 0 spiro atoms. The molecule has 0 saturated carbocycles. The first-order valence-electron chi connectivity index (χ1n) is 9.98. The Kier molecular flexibility index (Phi) is 7.00. The van der Waals surface area contributed by atoms with Gasteiger partial charge in [-0.15, -0.1) is 0 Å². The molecule has 2 saturated heterocycles. The Hall–Kier alpha value is -2.29. The Morgan fingerprint density at radius 1 is 1.17 bits per heavy atom. The van der Waals surface area contributed by atoms with Crippen molar-refractivity contribution >= 4 is 11.9 Å². The molecule has 0 aliphatic carbocycles. The third-order valence-corrected chi connectivity index (χ3v) is 5.12. The number of hydrogen-bond donors (Lipinski definition) is 1. The van der Waals surface area contributed by atoms with Crippen molar-refractivity contribution in [1.82, 2.24) is 15.1 Å². The second-order valence-corrected chi connectivity index (χ2v) is 7.18. The van der Waals surface area contributed by atoms with Gasteiger partial charge in [0, 0.05) is 39.3 Å². The summed E-state index contributed by atoms with van der Waals surface area (Å²) in [6, 6.07) is 5.06. The highest BCUT2D eigenvalue weighted by molar-refractivity contribution is 5.82. The molecule has 160 valence electrons. The monoisotopic (exact) mass is 412 g/mol. The number of halogens is 3. The maximum Gasteiger partial charge on any atom is 0.416 e. The molecule has 0 radical (unpaired) electrons. The van der Waals surface area contributed by atoms with Crippen molar-refractivity contribution in [3.63, 3.8) is 0 Å². The number of carbonyl (C=O) groups excluding carboxylic acids is 1. The van der Waals surface area contributed by atoms with Gasteiger partial charge in [0.15, 0.2) is 5.96 Å². The summed E-state index contributed by atoms with van der Waals surface area (Å²) in [5.41, 5.74) is 0.0461. The average Bonchev–Trinajstić information content (AvgIpc) is 3.25. The summed E-state index contributed by atoms with van der Waals surface area (Å²) in [5.74, 6) is 0.769. The average molecular weight is 412 g/mol. The quantitative estimate of drug-likeness (QED) is 0.610. The van der Waals surface area contributed by atoms with Gasteiger partial charge in [-0.2, -0.15) is 13.2 Å². The molecular formula is C20H27F3N4O2. The molecular weight excluding hydrogens is 385 g/mol. The Labute approximate surface area is 168 Å². The zero-order valence-electron chi connectivity index (χ0n) is 16.5. The second kappa shape index (κ2) is 9.47. The molecule has 2 fully saturated rings. The fourth-order valence-corrected chi connectivity index (χ4v) is 3.51. The van der Waals surface area contributed by atoms with Crippen LogP contribution in [-0.4, -0.2) is 67.1 Å². The number of carbonyl (C=O) groups is 1. The zero-order valence-corrected chi connectivity index (χ0v) is 16.5. The summed E-state index contributed by atoms with van der Waals surface area (Å²) in [6.07, 6.45) is -2.92. The molecule has 2 aliphatic rings. The maximum absolute atomic E-state index is 12.7. The number of ether oxygens (including phenoxy) is 1. The minimum atomic E-state index is -4.34. The predicted octanol–water partition coefficient (Wildman–Crippen LogP) is 2.49. The summed E-state index contributed by atoms with van der Waals surface area (Å²) in [4.78, 5) is 21.0. The van der Waals surface area contributed by atoms with E-state index in [4.69, 9.17) is 4.74 Å². The van der Waals surface area contributed by atoms with Gasteiger partial charge in [0.1, 0.15) is 6.10 Å². The molecule has 29 heavy (non-hydrogen) atoms. The highest BCUT2D eigenvalue weighted by atomic mass is 19.4. The molecule has 1 N–H and O–H groups in total.